The third-order valence-corrected chi connectivity index (χ3v) is 3.87. The quantitative estimate of drug-likeness (QED) is 0.290. The van der Waals surface area contributed by atoms with Gasteiger partial charge in [-0.05, 0) is 37.1 Å². The molecule has 136 valence electrons. The summed E-state index contributed by atoms with van der Waals surface area (Å²) in [5, 5.41) is 6.49. The topological polar surface area (TPSA) is 48.9 Å². The minimum atomic E-state index is -0.213. The molecule has 1 fully saturated rings. The largest absolute Gasteiger partial charge is 0.379 e. The molecule has 0 atom stereocenters. The second-order valence-electron chi connectivity index (χ2n) is 5.64. The van der Waals surface area contributed by atoms with Crippen LogP contribution in [0, 0.1) is 5.82 Å². The van der Waals surface area contributed by atoms with Crippen LogP contribution in [0.1, 0.15) is 18.4 Å². The monoisotopic (exact) mass is 450 g/mol. The fraction of sp³-hybridized carbons (Fsp3) is 0.588. The minimum Gasteiger partial charge on any atom is -0.379 e. The molecule has 0 aliphatic carbocycles. The van der Waals surface area contributed by atoms with Crippen molar-refractivity contribution in [3.8, 4) is 0 Å². The zero-order valence-electron chi connectivity index (χ0n) is 14.3. The molecule has 0 amide bonds. The number of ether oxygens (including phenoxy) is 1. The molecule has 24 heavy (non-hydrogen) atoms. The summed E-state index contributed by atoms with van der Waals surface area (Å²) in [5.41, 5.74) is 0.903. The number of nitrogens with one attached hydrogen (secondary N) is 2. The summed E-state index contributed by atoms with van der Waals surface area (Å²) in [4.78, 5) is 6.63. The van der Waals surface area contributed by atoms with E-state index in [0.717, 1.165) is 63.8 Å². The van der Waals surface area contributed by atoms with Gasteiger partial charge in [0.05, 0.1) is 13.2 Å². The molecule has 0 saturated carbocycles. The Morgan fingerprint density at radius 1 is 1.25 bits per heavy atom. The lowest BCUT2D eigenvalue weighted by Crippen LogP contribution is -2.38. The normalized spacial score (nSPS) is 15.7. The van der Waals surface area contributed by atoms with Crippen LogP contribution in [-0.2, 0) is 11.3 Å². The highest BCUT2D eigenvalue weighted by Gasteiger charge is 2.09. The Kier molecular flexibility index (Phi) is 10.9. The molecule has 0 aromatic heterocycles. The summed E-state index contributed by atoms with van der Waals surface area (Å²) in [5.74, 6) is 0.538. The molecule has 0 unspecified atom stereocenters. The van der Waals surface area contributed by atoms with Gasteiger partial charge in [-0.3, -0.25) is 9.89 Å². The van der Waals surface area contributed by atoms with Crippen molar-refractivity contribution in [3.63, 3.8) is 0 Å². The third kappa shape index (κ3) is 8.25. The Morgan fingerprint density at radius 3 is 2.75 bits per heavy atom. The van der Waals surface area contributed by atoms with E-state index < -0.39 is 0 Å². The molecule has 7 heteroatoms. The lowest BCUT2D eigenvalue weighted by atomic mass is 10.2. The van der Waals surface area contributed by atoms with E-state index in [2.05, 4.69) is 20.5 Å². The molecule has 1 aromatic rings. The highest BCUT2D eigenvalue weighted by atomic mass is 127. The number of rotatable bonds is 7. The van der Waals surface area contributed by atoms with Crippen molar-refractivity contribution in [2.45, 2.75) is 19.4 Å². The van der Waals surface area contributed by atoms with Crippen LogP contribution in [0.5, 0.6) is 0 Å². The molecule has 0 radical (unpaired) electrons. The van der Waals surface area contributed by atoms with Gasteiger partial charge in [0.15, 0.2) is 5.96 Å². The summed E-state index contributed by atoms with van der Waals surface area (Å²) >= 11 is 0. The van der Waals surface area contributed by atoms with E-state index in [1.54, 1.807) is 13.1 Å². The van der Waals surface area contributed by atoms with Crippen molar-refractivity contribution < 1.29 is 9.13 Å². The fourth-order valence-electron chi connectivity index (χ4n) is 2.55. The Hall–Kier alpha value is -0.930. The molecule has 1 heterocycles. The van der Waals surface area contributed by atoms with Crippen molar-refractivity contribution in [2.75, 3.05) is 46.4 Å². The third-order valence-electron chi connectivity index (χ3n) is 3.87. The Labute approximate surface area is 161 Å². The van der Waals surface area contributed by atoms with Crippen molar-refractivity contribution in [3.05, 3.63) is 35.6 Å². The van der Waals surface area contributed by atoms with Crippen molar-refractivity contribution in [1.82, 2.24) is 15.5 Å². The number of hydrogen-bond donors (Lipinski definition) is 2. The van der Waals surface area contributed by atoms with E-state index in [-0.39, 0.29) is 29.8 Å². The van der Waals surface area contributed by atoms with Crippen LogP contribution >= 0.6 is 24.0 Å². The maximum Gasteiger partial charge on any atom is 0.191 e. The van der Waals surface area contributed by atoms with Crippen LogP contribution in [0.4, 0.5) is 4.39 Å². The van der Waals surface area contributed by atoms with Gasteiger partial charge in [-0.15, -0.1) is 24.0 Å². The summed E-state index contributed by atoms with van der Waals surface area (Å²) in [6.07, 6.45) is 2.26. The summed E-state index contributed by atoms with van der Waals surface area (Å²) in [6, 6.07) is 6.59. The Balaban J connectivity index is 0.00000288. The average molecular weight is 450 g/mol. The fourth-order valence-corrected chi connectivity index (χ4v) is 2.55. The second kappa shape index (κ2) is 12.4. The van der Waals surface area contributed by atoms with Crippen LogP contribution in [0.15, 0.2) is 29.3 Å². The summed E-state index contributed by atoms with van der Waals surface area (Å²) < 4.78 is 18.5. The molecule has 0 spiro atoms. The van der Waals surface area contributed by atoms with Crippen molar-refractivity contribution in [1.29, 1.82) is 0 Å². The number of aliphatic imine (C=N–C) groups is 1. The first kappa shape index (κ1) is 21.1. The lowest BCUT2D eigenvalue weighted by molar-refractivity contribution is 0.0372. The first-order valence-electron chi connectivity index (χ1n) is 8.27. The minimum absolute atomic E-state index is 0. The summed E-state index contributed by atoms with van der Waals surface area (Å²) in [6.45, 7) is 6.37. The van der Waals surface area contributed by atoms with Crippen LogP contribution < -0.4 is 10.6 Å². The first-order chi connectivity index (χ1) is 11.3. The van der Waals surface area contributed by atoms with Gasteiger partial charge in [-0.2, -0.15) is 0 Å². The average Bonchev–Trinajstić information content (AvgIpc) is 2.58. The Morgan fingerprint density at radius 2 is 2.04 bits per heavy atom. The smallest absolute Gasteiger partial charge is 0.191 e. The maximum atomic E-state index is 13.1. The lowest BCUT2D eigenvalue weighted by Gasteiger charge is -2.26. The van der Waals surface area contributed by atoms with Crippen LogP contribution in [0.3, 0.4) is 0 Å². The van der Waals surface area contributed by atoms with Crippen LogP contribution in [-0.4, -0.2) is 57.3 Å². The molecule has 1 aromatic carbocycles. The molecule has 2 N–H and O–H groups in total. The van der Waals surface area contributed by atoms with Crippen molar-refractivity contribution in [2.24, 2.45) is 4.99 Å². The van der Waals surface area contributed by atoms with E-state index in [9.17, 15) is 4.39 Å². The number of unbranched alkanes of at least 4 members (excludes halogenated alkanes) is 1. The predicted molar refractivity (Wildman–Crippen MR) is 107 cm³/mol. The summed E-state index contributed by atoms with van der Waals surface area (Å²) in [7, 11) is 1.74. The SMILES string of the molecule is CN=C(NCCCCN1CCOCC1)NCc1cccc(F)c1.I. The number of morpholine rings is 1. The van der Waals surface area contributed by atoms with Crippen LogP contribution in [0.2, 0.25) is 0 Å². The molecular weight excluding hydrogens is 422 g/mol. The van der Waals surface area contributed by atoms with Crippen LogP contribution in [0.25, 0.3) is 0 Å². The van der Waals surface area contributed by atoms with Gasteiger partial charge in [0.1, 0.15) is 5.82 Å². The van der Waals surface area contributed by atoms with Crippen molar-refractivity contribution >= 4 is 29.9 Å². The Bertz CT molecular complexity index is 495. The van der Waals surface area contributed by atoms with Gasteiger partial charge < -0.3 is 15.4 Å². The van der Waals surface area contributed by atoms with E-state index >= 15 is 0 Å². The number of guanidine groups is 1. The van der Waals surface area contributed by atoms with E-state index in [0.29, 0.717) is 6.54 Å². The molecule has 2 rings (SSSR count). The highest BCUT2D eigenvalue weighted by molar-refractivity contribution is 14.0. The molecule has 0 bridgehead atoms. The van der Waals surface area contributed by atoms with E-state index in [1.807, 2.05) is 6.07 Å². The van der Waals surface area contributed by atoms with E-state index in [1.165, 1.54) is 12.1 Å². The van der Waals surface area contributed by atoms with Gasteiger partial charge in [0, 0.05) is 33.2 Å². The van der Waals surface area contributed by atoms with Gasteiger partial charge in [0.2, 0.25) is 0 Å². The van der Waals surface area contributed by atoms with Gasteiger partial charge in [-0.25, -0.2) is 4.39 Å². The van der Waals surface area contributed by atoms with Gasteiger partial charge >= 0.3 is 0 Å². The molecule has 5 nitrogen and oxygen atoms in total. The molecule has 1 aliphatic heterocycles. The number of hydrogen-bond acceptors (Lipinski definition) is 3. The van der Waals surface area contributed by atoms with Gasteiger partial charge in [0.25, 0.3) is 0 Å². The maximum absolute atomic E-state index is 13.1. The van der Waals surface area contributed by atoms with Gasteiger partial charge in [-0.1, -0.05) is 12.1 Å². The molecule has 1 saturated heterocycles. The number of nitrogens with zero attached hydrogens (tertiary/aromatic N) is 2. The molecule has 1 aliphatic rings. The standard InChI is InChI=1S/C17H27FN4O.HI/c1-19-17(21-14-15-5-4-6-16(18)13-15)20-7-2-3-8-22-9-11-23-12-10-22;/h4-6,13H,2-3,7-12,14H2,1H3,(H2,19,20,21);1H. The number of halogens is 2. The zero-order chi connectivity index (χ0) is 16.3. The van der Waals surface area contributed by atoms with E-state index in [4.69, 9.17) is 4.74 Å². The zero-order valence-corrected chi connectivity index (χ0v) is 16.6. The predicted octanol–water partition coefficient (Wildman–Crippen LogP) is 2.22. The number of benzene rings is 1. The second-order valence-corrected chi connectivity index (χ2v) is 5.64. The highest BCUT2D eigenvalue weighted by Crippen LogP contribution is 2.03. The molecular formula is C17H28FIN4O. The first-order valence-corrected chi connectivity index (χ1v) is 8.27.